The summed E-state index contributed by atoms with van der Waals surface area (Å²) in [6.45, 7) is 0. The van der Waals surface area contributed by atoms with Gasteiger partial charge in [0.05, 0.1) is 0 Å². The summed E-state index contributed by atoms with van der Waals surface area (Å²) in [5.41, 5.74) is 2.84. The topological polar surface area (TPSA) is 38.0 Å². The Morgan fingerprint density at radius 2 is 1.81 bits per heavy atom. The molecule has 1 atom stereocenters. The predicted molar refractivity (Wildman–Crippen MR) is 60.0 cm³/mol. The maximum absolute atomic E-state index is 13.0. The van der Waals surface area contributed by atoms with Crippen LogP contribution < -0.4 is 11.3 Å². The molecule has 0 heterocycles. The maximum Gasteiger partial charge on any atom is 0.248 e. The molecular formula is C12H22F2N2. The number of hydrogen-bond acceptors (Lipinski definition) is 2. The highest BCUT2D eigenvalue weighted by atomic mass is 19.3. The molecular weight excluding hydrogens is 210 g/mol. The summed E-state index contributed by atoms with van der Waals surface area (Å²) >= 11 is 0. The Labute approximate surface area is 95.9 Å². The van der Waals surface area contributed by atoms with E-state index in [1.165, 1.54) is 19.3 Å². The first-order valence-corrected chi connectivity index (χ1v) is 6.45. The highest BCUT2D eigenvalue weighted by Gasteiger charge is 2.37. The number of nitrogens with one attached hydrogen (secondary N) is 1. The van der Waals surface area contributed by atoms with E-state index in [0.717, 1.165) is 12.3 Å². The van der Waals surface area contributed by atoms with Crippen LogP contribution in [0.4, 0.5) is 8.78 Å². The van der Waals surface area contributed by atoms with Crippen molar-refractivity contribution in [1.82, 2.24) is 5.43 Å². The molecule has 2 aliphatic carbocycles. The van der Waals surface area contributed by atoms with Crippen LogP contribution in [0.25, 0.3) is 0 Å². The number of halogens is 2. The van der Waals surface area contributed by atoms with E-state index in [4.69, 9.17) is 5.84 Å². The molecule has 0 spiro atoms. The fraction of sp³-hybridized carbons (Fsp3) is 1.00. The molecule has 3 N–H and O–H groups in total. The van der Waals surface area contributed by atoms with E-state index in [2.05, 4.69) is 5.43 Å². The van der Waals surface area contributed by atoms with Gasteiger partial charge < -0.3 is 0 Å². The van der Waals surface area contributed by atoms with Crippen LogP contribution in [0.3, 0.4) is 0 Å². The Morgan fingerprint density at radius 1 is 1.19 bits per heavy atom. The second-order valence-electron chi connectivity index (χ2n) is 5.49. The lowest BCUT2D eigenvalue weighted by Gasteiger charge is -2.33. The molecule has 0 aromatic carbocycles. The normalized spacial score (nSPS) is 27.9. The minimum atomic E-state index is -2.42. The molecule has 4 heteroatoms. The van der Waals surface area contributed by atoms with Crippen LogP contribution >= 0.6 is 0 Å². The third-order valence-electron chi connectivity index (χ3n) is 4.13. The second-order valence-corrected chi connectivity index (χ2v) is 5.49. The zero-order valence-corrected chi connectivity index (χ0v) is 9.72. The van der Waals surface area contributed by atoms with Crippen molar-refractivity contribution in [1.29, 1.82) is 0 Å². The van der Waals surface area contributed by atoms with Gasteiger partial charge in [-0.25, -0.2) is 8.78 Å². The van der Waals surface area contributed by atoms with Crippen molar-refractivity contribution in [2.75, 3.05) is 0 Å². The summed E-state index contributed by atoms with van der Waals surface area (Å²) in [4.78, 5) is 0. The van der Waals surface area contributed by atoms with Gasteiger partial charge in [-0.15, -0.1) is 0 Å². The average Bonchev–Trinajstić information content (AvgIpc) is 3.04. The SMILES string of the molecule is NNC(CCC1CC1)C1CCC(F)(F)CC1. The van der Waals surface area contributed by atoms with Gasteiger partial charge in [-0.1, -0.05) is 12.8 Å². The fourth-order valence-electron chi connectivity index (χ4n) is 2.74. The van der Waals surface area contributed by atoms with Crippen molar-refractivity contribution < 1.29 is 8.78 Å². The number of alkyl halides is 2. The lowest BCUT2D eigenvalue weighted by Crippen LogP contribution is -2.43. The van der Waals surface area contributed by atoms with Gasteiger partial charge in [0.25, 0.3) is 0 Å². The molecule has 16 heavy (non-hydrogen) atoms. The summed E-state index contributed by atoms with van der Waals surface area (Å²) in [5.74, 6) is 4.36. The van der Waals surface area contributed by atoms with Gasteiger partial charge in [0.15, 0.2) is 0 Å². The van der Waals surface area contributed by atoms with Crippen molar-refractivity contribution in [3.63, 3.8) is 0 Å². The van der Waals surface area contributed by atoms with Crippen LogP contribution in [0.15, 0.2) is 0 Å². The summed E-state index contributed by atoms with van der Waals surface area (Å²) < 4.78 is 26.0. The van der Waals surface area contributed by atoms with Crippen LogP contribution in [-0.2, 0) is 0 Å². The first kappa shape index (κ1) is 12.2. The van der Waals surface area contributed by atoms with E-state index in [-0.39, 0.29) is 18.9 Å². The molecule has 2 rings (SSSR count). The smallest absolute Gasteiger partial charge is 0.248 e. The van der Waals surface area contributed by atoms with E-state index in [1.807, 2.05) is 0 Å². The van der Waals surface area contributed by atoms with E-state index in [9.17, 15) is 8.78 Å². The van der Waals surface area contributed by atoms with Crippen molar-refractivity contribution in [3.8, 4) is 0 Å². The molecule has 0 amide bonds. The summed E-state index contributed by atoms with van der Waals surface area (Å²) in [6.07, 6.45) is 6.27. The Balaban J connectivity index is 1.75. The van der Waals surface area contributed by atoms with Gasteiger partial charge in [0.1, 0.15) is 0 Å². The van der Waals surface area contributed by atoms with E-state index in [0.29, 0.717) is 18.8 Å². The molecule has 0 aromatic heterocycles. The van der Waals surface area contributed by atoms with Crippen LogP contribution in [0.2, 0.25) is 0 Å². The van der Waals surface area contributed by atoms with Crippen LogP contribution in [0, 0.1) is 11.8 Å². The third kappa shape index (κ3) is 3.39. The highest BCUT2D eigenvalue weighted by molar-refractivity contribution is 4.85. The van der Waals surface area contributed by atoms with Crippen LogP contribution in [0.1, 0.15) is 51.4 Å². The minimum absolute atomic E-state index is 0.0409. The molecule has 2 saturated carbocycles. The number of rotatable bonds is 5. The zero-order chi connectivity index (χ0) is 11.6. The lowest BCUT2D eigenvalue weighted by atomic mass is 9.80. The standard InChI is InChI=1S/C12H22F2N2/c13-12(14)7-5-10(6-8-12)11(16-15)4-3-9-1-2-9/h9-11,16H,1-8,15H2. The van der Waals surface area contributed by atoms with Gasteiger partial charge in [0.2, 0.25) is 5.92 Å². The molecule has 0 aromatic rings. The van der Waals surface area contributed by atoms with Gasteiger partial charge in [0, 0.05) is 18.9 Å². The van der Waals surface area contributed by atoms with Gasteiger partial charge in [-0.05, 0) is 37.5 Å². The molecule has 0 radical (unpaired) electrons. The zero-order valence-electron chi connectivity index (χ0n) is 9.72. The molecule has 94 valence electrons. The Bertz CT molecular complexity index is 216. The highest BCUT2D eigenvalue weighted by Crippen LogP contribution is 2.39. The van der Waals surface area contributed by atoms with Gasteiger partial charge in [-0.2, -0.15) is 0 Å². The summed E-state index contributed by atoms with van der Waals surface area (Å²) in [7, 11) is 0. The maximum atomic E-state index is 13.0. The van der Waals surface area contributed by atoms with E-state index in [1.54, 1.807) is 0 Å². The monoisotopic (exact) mass is 232 g/mol. The van der Waals surface area contributed by atoms with Crippen LogP contribution in [0.5, 0.6) is 0 Å². The Kier molecular flexibility index (Phi) is 3.80. The Morgan fingerprint density at radius 3 is 2.31 bits per heavy atom. The van der Waals surface area contributed by atoms with Crippen LogP contribution in [-0.4, -0.2) is 12.0 Å². The van der Waals surface area contributed by atoms with Crippen molar-refractivity contribution >= 4 is 0 Å². The van der Waals surface area contributed by atoms with E-state index < -0.39 is 5.92 Å². The van der Waals surface area contributed by atoms with Crippen molar-refractivity contribution in [3.05, 3.63) is 0 Å². The molecule has 2 aliphatic rings. The predicted octanol–water partition coefficient (Wildman–Crippen LogP) is 2.83. The number of nitrogens with two attached hydrogens (primary N) is 1. The molecule has 1 unspecified atom stereocenters. The van der Waals surface area contributed by atoms with E-state index >= 15 is 0 Å². The minimum Gasteiger partial charge on any atom is -0.271 e. The van der Waals surface area contributed by atoms with Crippen molar-refractivity contribution in [2.45, 2.75) is 63.3 Å². The van der Waals surface area contributed by atoms with Gasteiger partial charge in [-0.3, -0.25) is 11.3 Å². The third-order valence-corrected chi connectivity index (χ3v) is 4.13. The molecule has 0 bridgehead atoms. The first-order chi connectivity index (χ1) is 7.61. The largest absolute Gasteiger partial charge is 0.271 e. The summed E-state index contributed by atoms with van der Waals surface area (Å²) in [5, 5.41) is 0. The molecule has 2 nitrogen and oxygen atoms in total. The first-order valence-electron chi connectivity index (χ1n) is 6.45. The average molecular weight is 232 g/mol. The Hall–Kier alpha value is -0.220. The fourth-order valence-corrected chi connectivity index (χ4v) is 2.74. The molecule has 0 saturated heterocycles. The second kappa shape index (κ2) is 4.96. The van der Waals surface area contributed by atoms with Gasteiger partial charge >= 0.3 is 0 Å². The number of hydrazine groups is 1. The lowest BCUT2D eigenvalue weighted by molar-refractivity contribution is -0.0499. The summed E-state index contributed by atoms with van der Waals surface area (Å²) in [6, 6.07) is 0.247. The van der Waals surface area contributed by atoms with Crippen molar-refractivity contribution in [2.24, 2.45) is 17.7 Å². The molecule has 0 aliphatic heterocycles. The molecule has 2 fully saturated rings. The number of hydrogen-bond donors (Lipinski definition) is 2. The quantitative estimate of drug-likeness (QED) is 0.565.